The molecule has 0 amide bonds. The Morgan fingerprint density at radius 1 is 1.38 bits per heavy atom. The molecule has 0 saturated heterocycles. The highest BCUT2D eigenvalue weighted by Crippen LogP contribution is 2.64. The van der Waals surface area contributed by atoms with Crippen LogP contribution in [0.3, 0.4) is 0 Å². The summed E-state index contributed by atoms with van der Waals surface area (Å²) >= 11 is 0. The minimum Gasteiger partial charge on any atom is -0.396 e. The minimum atomic E-state index is -2.91. The number of hydrogen-bond acceptors (Lipinski definition) is 4. The predicted octanol–water partition coefficient (Wildman–Crippen LogP) is 1.63. The summed E-state index contributed by atoms with van der Waals surface area (Å²) in [6, 6.07) is 0. The van der Waals surface area contributed by atoms with Crippen LogP contribution in [-0.4, -0.2) is 30.6 Å². The van der Waals surface area contributed by atoms with Crippen LogP contribution in [0.1, 0.15) is 20.3 Å². The first-order valence-electron chi connectivity index (χ1n) is 4.67. The average molecular weight is 208 g/mol. The van der Waals surface area contributed by atoms with Crippen molar-refractivity contribution in [3.05, 3.63) is 0 Å². The Hall–Kier alpha value is 0.110. The van der Waals surface area contributed by atoms with Crippen LogP contribution >= 0.6 is 7.60 Å². The predicted molar refractivity (Wildman–Crippen MR) is 49.8 cm³/mol. The van der Waals surface area contributed by atoms with E-state index in [4.69, 9.17) is 14.2 Å². The Morgan fingerprint density at radius 2 is 1.92 bits per heavy atom. The lowest BCUT2D eigenvalue weighted by atomic mass is 10.5. The molecule has 1 aliphatic rings. The molecule has 0 aromatic rings. The van der Waals surface area contributed by atoms with Crippen LogP contribution in [-0.2, 0) is 13.6 Å². The standard InChI is InChI=1S/C8H17O4P/c1-3-11-13(10,12-4-2)8-5-7(8)6-9/h7-9H,3-6H2,1-2H3/t7-,8+/m0/s1. The molecule has 0 heterocycles. The first kappa shape index (κ1) is 11.2. The summed E-state index contributed by atoms with van der Waals surface area (Å²) in [6.07, 6.45) is 0.758. The third kappa shape index (κ3) is 2.53. The molecule has 4 nitrogen and oxygen atoms in total. The van der Waals surface area contributed by atoms with Gasteiger partial charge in [0.15, 0.2) is 0 Å². The Bertz CT molecular complexity index is 196. The van der Waals surface area contributed by atoms with Crippen LogP contribution in [0.4, 0.5) is 0 Å². The summed E-state index contributed by atoms with van der Waals surface area (Å²) in [5, 5.41) is 8.84. The molecule has 1 rings (SSSR count). The third-order valence-corrected chi connectivity index (χ3v) is 4.83. The van der Waals surface area contributed by atoms with E-state index in [9.17, 15) is 4.57 Å². The lowest BCUT2D eigenvalue weighted by Gasteiger charge is -2.16. The topological polar surface area (TPSA) is 55.8 Å². The van der Waals surface area contributed by atoms with Gasteiger partial charge in [-0.15, -0.1) is 0 Å². The van der Waals surface area contributed by atoms with Crippen LogP contribution in [0.25, 0.3) is 0 Å². The maximum atomic E-state index is 12.0. The average Bonchev–Trinajstić information content (AvgIpc) is 2.84. The minimum absolute atomic E-state index is 0.0719. The van der Waals surface area contributed by atoms with Gasteiger partial charge in [0.1, 0.15) is 0 Å². The van der Waals surface area contributed by atoms with Crippen LogP contribution in [0, 0.1) is 5.92 Å². The van der Waals surface area contributed by atoms with Gasteiger partial charge in [-0.3, -0.25) is 4.57 Å². The molecular weight excluding hydrogens is 191 g/mol. The summed E-state index contributed by atoms with van der Waals surface area (Å²) in [5.41, 5.74) is -0.0719. The number of aliphatic hydroxyl groups is 1. The molecule has 0 radical (unpaired) electrons. The molecule has 5 heteroatoms. The Morgan fingerprint density at radius 3 is 2.23 bits per heavy atom. The molecule has 2 atom stereocenters. The Kier molecular flexibility index (Phi) is 3.92. The van der Waals surface area contributed by atoms with E-state index in [-0.39, 0.29) is 18.2 Å². The fourth-order valence-electron chi connectivity index (χ4n) is 1.40. The van der Waals surface area contributed by atoms with Crippen LogP contribution < -0.4 is 0 Å². The molecule has 1 fully saturated rings. The van der Waals surface area contributed by atoms with Crippen molar-refractivity contribution in [2.75, 3.05) is 19.8 Å². The van der Waals surface area contributed by atoms with Crippen LogP contribution in [0.2, 0.25) is 0 Å². The van der Waals surface area contributed by atoms with E-state index in [0.717, 1.165) is 6.42 Å². The second-order valence-electron chi connectivity index (χ2n) is 3.12. The fraction of sp³-hybridized carbons (Fsp3) is 1.00. The third-order valence-electron chi connectivity index (χ3n) is 2.14. The maximum Gasteiger partial charge on any atom is 0.334 e. The number of aliphatic hydroxyl groups excluding tert-OH is 1. The molecular formula is C8H17O4P. The second-order valence-corrected chi connectivity index (χ2v) is 5.38. The van der Waals surface area contributed by atoms with Gasteiger partial charge in [0.2, 0.25) is 0 Å². The lowest BCUT2D eigenvalue weighted by Crippen LogP contribution is -2.03. The fourth-order valence-corrected chi connectivity index (χ4v) is 3.72. The zero-order chi connectivity index (χ0) is 9.90. The first-order valence-corrected chi connectivity index (χ1v) is 6.28. The zero-order valence-electron chi connectivity index (χ0n) is 8.10. The van der Waals surface area contributed by atoms with Crippen molar-refractivity contribution in [1.82, 2.24) is 0 Å². The van der Waals surface area contributed by atoms with Gasteiger partial charge in [0.25, 0.3) is 0 Å². The van der Waals surface area contributed by atoms with E-state index < -0.39 is 7.60 Å². The van der Waals surface area contributed by atoms with E-state index in [1.807, 2.05) is 0 Å². The SMILES string of the molecule is CCOP(=O)(OCC)[C@@H]1C[C@H]1CO. The molecule has 1 N–H and O–H groups in total. The molecule has 0 aliphatic heterocycles. The molecule has 0 aromatic carbocycles. The summed E-state index contributed by atoms with van der Waals surface area (Å²) < 4.78 is 22.3. The highest BCUT2D eigenvalue weighted by Gasteiger charge is 2.52. The molecule has 0 bridgehead atoms. The van der Waals surface area contributed by atoms with Gasteiger partial charge in [-0.2, -0.15) is 0 Å². The zero-order valence-corrected chi connectivity index (χ0v) is 9.00. The van der Waals surface area contributed by atoms with Crippen molar-refractivity contribution in [2.24, 2.45) is 5.92 Å². The normalized spacial score (nSPS) is 27.6. The molecule has 13 heavy (non-hydrogen) atoms. The highest BCUT2D eigenvalue weighted by atomic mass is 31.2. The molecule has 78 valence electrons. The van der Waals surface area contributed by atoms with Gasteiger partial charge in [-0.25, -0.2) is 0 Å². The summed E-state index contributed by atoms with van der Waals surface area (Å²) in [7, 11) is -2.91. The van der Waals surface area contributed by atoms with Crippen molar-refractivity contribution < 1.29 is 18.7 Å². The van der Waals surface area contributed by atoms with Crippen molar-refractivity contribution in [1.29, 1.82) is 0 Å². The molecule has 1 saturated carbocycles. The van der Waals surface area contributed by atoms with Crippen LogP contribution in [0.5, 0.6) is 0 Å². The van der Waals surface area contributed by atoms with Crippen LogP contribution in [0.15, 0.2) is 0 Å². The molecule has 1 aliphatic carbocycles. The van der Waals surface area contributed by atoms with Crippen molar-refractivity contribution in [3.8, 4) is 0 Å². The van der Waals surface area contributed by atoms with Crippen molar-refractivity contribution in [3.63, 3.8) is 0 Å². The summed E-state index contributed by atoms with van der Waals surface area (Å²) in [4.78, 5) is 0. The first-order chi connectivity index (χ1) is 6.18. The van der Waals surface area contributed by atoms with Gasteiger partial charge < -0.3 is 14.2 Å². The largest absolute Gasteiger partial charge is 0.396 e. The molecule has 0 spiro atoms. The summed E-state index contributed by atoms with van der Waals surface area (Å²) in [5.74, 6) is 0.115. The van der Waals surface area contributed by atoms with Crippen molar-refractivity contribution in [2.45, 2.75) is 25.9 Å². The van der Waals surface area contributed by atoms with E-state index in [1.165, 1.54) is 0 Å². The second kappa shape index (κ2) is 4.56. The van der Waals surface area contributed by atoms with Crippen molar-refractivity contribution >= 4 is 7.60 Å². The van der Waals surface area contributed by atoms with E-state index in [1.54, 1.807) is 13.8 Å². The van der Waals surface area contributed by atoms with Gasteiger partial charge in [-0.05, 0) is 26.2 Å². The highest BCUT2D eigenvalue weighted by molar-refractivity contribution is 7.55. The van der Waals surface area contributed by atoms with E-state index >= 15 is 0 Å². The number of rotatable bonds is 6. The Labute approximate surface area is 78.8 Å². The molecule has 0 unspecified atom stereocenters. The van der Waals surface area contributed by atoms with E-state index in [2.05, 4.69) is 0 Å². The smallest absolute Gasteiger partial charge is 0.334 e. The number of hydrogen-bond donors (Lipinski definition) is 1. The van der Waals surface area contributed by atoms with Gasteiger partial charge in [0, 0.05) is 6.61 Å². The van der Waals surface area contributed by atoms with Gasteiger partial charge in [-0.1, -0.05) is 0 Å². The van der Waals surface area contributed by atoms with Gasteiger partial charge in [0.05, 0.1) is 18.9 Å². The molecule has 0 aromatic heterocycles. The Balaban J connectivity index is 2.53. The summed E-state index contributed by atoms with van der Waals surface area (Å²) in [6.45, 7) is 4.46. The van der Waals surface area contributed by atoms with Gasteiger partial charge >= 0.3 is 7.60 Å². The maximum absolute atomic E-state index is 12.0. The monoisotopic (exact) mass is 208 g/mol. The van der Waals surface area contributed by atoms with E-state index in [0.29, 0.717) is 13.2 Å². The lowest BCUT2D eigenvalue weighted by molar-refractivity contribution is 0.214. The quantitative estimate of drug-likeness (QED) is 0.674.